The van der Waals surface area contributed by atoms with E-state index in [9.17, 15) is 5.26 Å². The van der Waals surface area contributed by atoms with E-state index in [2.05, 4.69) is 24.2 Å². The molecule has 18 heavy (non-hydrogen) atoms. The zero-order valence-corrected chi connectivity index (χ0v) is 10.2. The second-order valence-electron chi connectivity index (χ2n) is 4.23. The number of aromatic nitrogens is 2. The molecule has 0 aliphatic heterocycles. The van der Waals surface area contributed by atoms with Gasteiger partial charge in [0.1, 0.15) is 11.2 Å². The number of nitrogens with zero attached hydrogens (tertiary/aromatic N) is 3. The summed E-state index contributed by atoms with van der Waals surface area (Å²) >= 11 is 0. The standard InChI is InChI=1S/C15H15N3/c1-3-8-15(12-16,9-4-2)18-11-7-13-6-5-10-17-14(13)18/h3-7,10-11H,1-2,8-9H2. The van der Waals surface area contributed by atoms with E-state index in [1.165, 1.54) is 0 Å². The van der Waals surface area contributed by atoms with Crippen LogP contribution in [0, 0.1) is 11.3 Å². The molecule has 0 aliphatic carbocycles. The first-order valence-electron chi connectivity index (χ1n) is 5.83. The predicted octanol–water partition coefficient (Wildman–Crippen LogP) is 3.41. The fraction of sp³-hybridized carbons (Fsp3) is 0.200. The van der Waals surface area contributed by atoms with Crippen LogP contribution >= 0.6 is 0 Å². The number of hydrogen-bond donors (Lipinski definition) is 0. The van der Waals surface area contributed by atoms with Crippen LogP contribution in [0.4, 0.5) is 0 Å². The Hall–Kier alpha value is -2.34. The van der Waals surface area contributed by atoms with Crippen molar-refractivity contribution < 1.29 is 0 Å². The summed E-state index contributed by atoms with van der Waals surface area (Å²) < 4.78 is 1.92. The Balaban J connectivity index is 2.64. The van der Waals surface area contributed by atoms with Crippen LogP contribution in [0.15, 0.2) is 55.9 Å². The summed E-state index contributed by atoms with van der Waals surface area (Å²) in [4.78, 5) is 4.36. The fourth-order valence-electron chi connectivity index (χ4n) is 2.21. The predicted molar refractivity (Wildman–Crippen MR) is 72.9 cm³/mol. The highest BCUT2D eigenvalue weighted by Crippen LogP contribution is 2.29. The van der Waals surface area contributed by atoms with Gasteiger partial charge in [-0.25, -0.2) is 4.98 Å². The second-order valence-corrected chi connectivity index (χ2v) is 4.23. The first-order valence-corrected chi connectivity index (χ1v) is 5.83. The molecule has 0 spiro atoms. The van der Waals surface area contributed by atoms with Gasteiger partial charge in [0, 0.05) is 30.6 Å². The van der Waals surface area contributed by atoms with E-state index in [-0.39, 0.29) is 0 Å². The van der Waals surface area contributed by atoms with E-state index in [1.54, 1.807) is 18.3 Å². The molecule has 0 aromatic carbocycles. The molecule has 2 heterocycles. The average molecular weight is 237 g/mol. The molecular formula is C15H15N3. The molecule has 0 fully saturated rings. The summed E-state index contributed by atoms with van der Waals surface area (Å²) in [5, 5.41) is 10.6. The first-order chi connectivity index (χ1) is 8.77. The Morgan fingerprint density at radius 3 is 2.67 bits per heavy atom. The summed E-state index contributed by atoms with van der Waals surface area (Å²) in [6, 6.07) is 8.24. The third-order valence-electron chi connectivity index (χ3n) is 3.08. The normalized spacial score (nSPS) is 11.1. The van der Waals surface area contributed by atoms with Gasteiger partial charge >= 0.3 is 0 Å². The van der Waals surface area contributed by atoms with Crippen LogP contribution in [0.2, 0.25) is 0 Å². The molecule has 0 bridgehead atoms. The molecule has 0 unspecified atom stereocenters. The molecule has 3 nitrogen and oxygen atoms in total. The lowest BCUT2D eigenvalue weighted by atomic mass is 9.92. The lowest BCUT2D eigenvalue weighted by Gasteiger charge is -2.26. The maximum absolute atomic E-state index is 9.58. The SMILES string of the molecule is C=CCC(C#N)(CC=C)n1ccc2cccnc21. The van der Waals surface area contributed by atoms with Crippen LogP contribution in [0.5, 0.6) is 0 Å². The van der Waals surface area contributed by atoms with Crippen LogP contribution in [0.1, 0.15) is 12.8 Å². The summed E-state index contributed by atoms with van der Waals surface area (Å²) in [7, 11) is 0. The zero-order chi connectivity index (χ0) is 13.0. The van der Waals surface area contributed by atoms with Gasteiger partial charge < -0.3 is 4.57 Å². The Bertz CT molecular complexity index is 606. The maximum Gasteiger partial charge on any atom is 0.141 e. The lowest BCUT2D eigenvalue weighted by molar-refractivity contribution is 0.401. The molecule has 2 rings (SSSR count). The summed E-state index contributed by atoms with van der Waals surface area (Å²) in [6.45, 7) is 7.49. The van der Waals surface area contributed by atoms with E-state index in [0.717, 1.165) is 11.0 Å². The molecule has 0 saturated heterocycles. The van der Waals surface area contributed by atoms with Crippen LogP contribution in [-0.4, -0.2) is 9.55 Å². The number of hydrogen-bond acceptors (Lipinski definition) is 2. The zero-order valence-electron chi connectivity index (χ0n) is 10.2. The van der Waals surface area contributed by atoms with Gasteiger partial charge in [-0.3, -0.25) is 0 Å². The van der Waals surface area contributed by atoms with Crippen molar-refractivity contribution in [2.24, 2.45) is 0 Å². The van der Waals surface area contributed by atoms with Crippen molar-refractivity contribution in [2.75, 3.05) is 0 Å². The van der Waals surface area contributed by atoms with Gasteiger partial charge in [-0.1, -0.05) is 12.2 Å². The molecule has 0 atom stereocenters. The van der Waals surface area contributed by atoms with Gasteiger partial charge in [0.15, 0.2) is 0 Å². The number of fused-ring (bicyclic) bond motifs is 1. The largest absolute Gasteiger partial charge is 0.313 e. The average Bonchev–Trinajstić information content (AvgIpc) is 2.83. The summed E-state index contributed by atoms with van der Waals surface area (Å²) in [6.07, 6.45) is 8.31. The maximum atomic E-state index is 9.58. The number of allylic oxidation sites excluding steroid dienone is 2. The monoisotopic (exact) mass is 237 g/mol. The lowest BCUT2D eigenvalue weighted by Crippen LogP contribution is -2.30. The van der Waals surface area contributed by atoms with Crippen LogP contribution < -0.4 is 0 Å². The highest BCUT2D eigenvalue weighted by Gasteiger charge is 2.30. The third kappa shape index (κ3) is 1.82. The molecule has 0 amide bonds. The van der Waals surface area contributed by atoms with Gasteiger partial charge in [-0.2, -0.15) is 5.26 Å². The molecule has 0 saturated carbocycles. The Morgan fingerprint density at radius 2 is 2.06 bits per heavy atom. The molecule has 3 heteroatoms. The number of rotatable bonds is 5. The van der Waals surface area contributed by atoms with Crippen LogP contribution in [0.25, 0.3) is 11.0 Å². The van der Waals surface area contributed by atoms with E-state index in [1.807, 2.05) is 29.0 Å². The van der Waals surface area contributed by atoms with Crippen molar-refractivity contribution in [1.29, 1.82) is 5.26 Å². The van der Waals surface area contributed by atoms with Crippen molar-refractivity contribution in [3.05, 3.63) is 55.9 Å². The minimum Gasteiger partial charge on any atom is -0.313 e. The number of pyridine rings is 1. The highest BCUT2D eigenvalue weighted by atomic mass is 15.1. The fourth-order valence-corrected chi connectivity index (χ4v) is 2.21. The first kappa shape index (κ1) is 12.1. The molecule has 2 aromatic rings. The molecular weight excluding hydrogens is 222 g/mol. The molecule has 2 aromatic heterocycles. The van der Waals surface area contributed by atoms with Crippen molar-refractivity contribution in [1.82, 2.24) is 9.55 Å². The van der Waals surface area contributed by atoms with Gasteiger partial charge in [0.2, 0.25) is 0 Å². The van der Waals surface area contributed by atoms with E-state index in [4.69, 9.17) is 0 Å². The minimum absolute atomic E-state index is 0.565. The second kappa shape index (κ2) is 4.89. The van der Waals surface area contributed by atoms with Crippen molar-refractivity contribution in [3.8, 4) is 6.07 Å². The van der Waals surface area contributed by atoms with Gasteiger partial charge in [-0.05, 0) is 18.2 Å². The molecule has 0 N–H and O–H groups in total. The van der Waals surface area contributed by atoms with Crippen molar-refractivity contribution >= 4 is 11.0 Å². The Kier molecular flexibility index (Phi) is 3.29. The van der Waals surface area contributed by atoms with Gasteiger partial charge in [0.05, 0.1) is 6.07 Å². The molecule has 0 radical (unpaired) electrons. The quantitative estimate of drug-likeness (QED) is 0.748. The van der Waals surface area contributed by atoms with Gasteiger partial charge in [-0.15, -0.1) is 13.2 Å². The van der Waals surface area contributed by atoms with Gasteiger partial charge in [0.25, 0.3) is 0 Å². The Labute approximate surface area is 107 Å². The minimum atomic E-state index is -0.681. The van der Waals surface area contributed by atoms with Crippen LogP contribution in [0.3, 0.4) is 0 Å². The molecule has 0 aliphatic rings. The van der Waals surface area contributed by atoms with Crippen LogP contribution in [-0.2, 0) is 5.54 Å². The van der Waals surface area contributed by atoms with Crippen molar-refractivity contribution in [2.45, 2.75) is 18.4 Å². The topological polar surface area (TPSA) is 41.6 Å². The highest BCUT2D eigenvalue weighted by molar-refractivity contribution is 5.76. The smallest absolute Gasteiger partial charge is 0.141 e. The third-order valence-corrected chi connectivity index (χ3v) is 3.08. The number of nitriles is 1. The molecule has 90 valence electrons. The Morgan fingerprint density at radius 1 is 1.33 bits per heavy atom. The summed E-state index contributed by atoms with van der Waals surface area (Å²) in [5.74, 6) is 0. The van der Waals surface area contributed by atoms with E-state index < -0.39 is 5.54 Å². The van der Waals surface area contributed by atoms with Crippen molar-refractivity contribution in [3.63, 3.8) is 0 Å². The van der Waals surface area contributed by atoms with E-state index >= 15 is 0 Å². The van der Waals surface area contributed by atoms with E-state index in [0.29, 0.717) is 12.8 Å². The summed E-state index contributed by atoms with van der Waals surface area (Å²) in [5.41, 5.74) is 0.141.